The summed E-state index contributed by atoms with van der Waals surface area (Å²) in [4.78, 5) is 42.7. The summed E-state index contributed by atoms with van der Waals surface area (Å²) >= 11 is 1.54. The van der Waals surface area contributed by atoms with Gasteiger partial charge in [-0.3, -0.25) is 14.4 Å². The lowest BCUT2D eigenvalue weighted by atomic mass is 9.99. The highest BCUT2D eigenvalue weighted by Crippen LogP contribution is 2.21. The molecule has 4 aromatic rings. The second-order valence-corrected chi connectivity index (χ2v) is 10.9. The van der Waals surface area contributed by atoms with Gasteiger partial charge in [-0.05, 0) is 58.8 Å². The number of nitrogens with two attached hydrogens (primary N) is 1. The van der Waals surface area contributed by atoms with Crippen LogP contribution < -0.4 is 16.4 Å². The molecule has 7 nitrogen and oxygen atoms in total. The third kappa shape index (κ3) is 7.90. The predicted octanol–water partition coefficient (Wildman–Crippen LogP) is 4.07. The molecular formula is C33H36N4O3S. The first-order chi connectivity index (χ1) is 19.9. The smallest absolute Gasteiger partial charge is 0.251 e. The molecule has 3 amide bonds. The molecular weight excluding hydrogens is 532 g/mol. The third-order valence-electron chi connectivity index (χ3n) is 7.07. The zero-order valence-corrected chi connectivity index (χ0v) is 24.2. The summed E-state index contributed by atoms with van der Waals surface area (Å²) < 4.78 is 0. The van der Waals surface area contributed by atoms with Crippen molar-refractivity contribution >= 4 is 29.1 Å². The van der Waals surface area contributed by atoms with Crippen molar-refractivity contribution in [2.24, 2.45) is 5.73 Å². The molecule has 0 saturated carbocycles. The van der Waals surface area contributed by atoms with E-state index in [-0.39, 0.29) is 24.1 Å². The zero-order valence-electron chi connectivity index (χ0n) is 23.4. The summed E-state index contributed by atoms with van der Waals surface area (Å²) in [6.45, 7) is 0.473. The van der Waals surface area contributed by atoms with Crippen molar-refractivity contribution in [2.75, 3.05) is 20.6 Å². The molecule has 2 unspecified atom stereocenters. The summed E-state index contributed by atoms with van der Waals surface area (Å²) in [7, 11) is 3.18. The lowest BCUT2D eigenvalue weighted by Crippen LogP contribution is -2.55. The molecule has 1 heterocycles. The number of nitrogens with zero attached hydrogens (tertiary/aromatic N) is 1. The quantitative estimate of drug-likeness (QED) is 0.240. The molecule has 1 aromatic heterocycles. The molecule has 0 aliphatic rings. The highest BCUT2D eigenvalue weighted by Gasteiger charge is 2.32. The fourth-order valence-electron chi connectivity index (χ4n) is 4.77. The molecule has 41 heavy (non-hydrogen) atoms. The van der Waals surface area contributed by atoms with Gasteiger partial charge in [-0.25, -0.2) is 0 Å². The van der Waals surface area contributed by atoms with Gasteiger partial charge in [0, 0.05) is 37.4 Å². The maximum absolute atomic E-state index is 14.0. The summed E-state index contributed by atoms with van der Waals surface area (Å²) in [6, 6.07) is 27.5. The standard InChI is InChI=1S/C33H36N4O3S/c1-35-32(39)30(22-28-12-7-19-41-28)37(2)33(40)29(36-31(38)27-11-6-8-23(20-27)17-18-34)21-24-13-15-26(16-14-24)25-9-4-3-5-10-25/h3-16,19-20,29-30H,17-18,21-22,34H2,1-2H3,(H,35,39)(H,36,38). The Balaban J connectivity index is 1.60. The number of hydrogen-bond acceptors (Lipinski definition) is 5. The maximum Gasteiger partial charge on any atom is 0.251 e. The van der Waals surface area contributed by atoms with Crippen LogP contribution in [0.25, 0.3) is 11.1 Å². The number of carbonyl (C=O) groups is 3. The molecule has 3 aromatic carbocycles. The maximum atomic E-state index is 14.0. The van der Waals surface area contributed by atoms with Crippen LogP contribution in [0.5, 0.6) is 0 Å². The highest BCUT2D eigenvalue weighted by atomic mass is 32.1. The van der Waals surface area contributed by atoms with Crippen molar-refractivity contribution in [3.8, 4) is 11.1 Å². The van der Waals surface area contributed by atoms with Crippen LogP contribution in [0.15, 0.2) is 96.4 Å². The van der Waals surface area contributed by atoms with Gasteiger partial charge in [-0.15, -0.1) is 11.3 Å². The van der Waals surface area contributed by atoms with E-state index in [0.717, 1.165) is 27.1 Å². The molecule has 0 aliphatic heterocycles. The van der Waals surface area contributed by atoms with Crippen molar-refractivity contribution < 1.29 is 14.4 Å². The fourth-order valence-corrected chi connectivity index (χ4v) is 5.51. The zero-order chi connectivity index (χ0) is 29.2. The highest BCUT2D eigenvalue weighted by molar-refractivity contribution is 7.09. The number of hydrogen-bond donors (Lipinski definition) is 3. The monoisotopic (exact) mass is 568 g/mol. The van der Waals surface area contributed by atoms with Crippen molar-refractivity contribution in [3.05, 3.63) is 118 Å². The average Bonchev–Trinajstić information content (AvgIpc) is 3.53. The molecule has 0 saturated heterocycles. The summed E-state index contributed by atoms with van der Waals surface area (Å²) in [6.07, 6.45) is 1.30. The van der Waals surface area contributed by atoms with Gasteiger partial charge in [0.25, 0.3) is 5.91 Å². The number of nitrogens with one attached hydrogen (secondary N) is 2. The Bertz CT molecular complexity index is 1440. The van der Waals surface area contributed by atoms with E-state index in [4.69, 9.17) is 5.73 Å². The lowest BCUT2D eigenvalue weighted by molar-refractivity contribution is -0.140. The van der Waals surface area contributed by atoms with E-state index in [2.05, 4.69) is 10.6 Å². The topological polar surface area (TPSA) is 105 Å². The minimum Gasteiger partial charge on any atom is -0.357 e. The van der Waals surface area contributed by atoms with E-state index in [1.165, 1.54) is 16.2 Å². The van der Waals surface area contributed by atoms with Crippen LogP contribution in [0.4, 0.5) is 0 Å². The van der Waals surface area contributed by atoms with Crippen LogP contribution in [-0.4, -0.2) is 55.3 Å². The van der Waals surface area contributed by atoms with Crippen molar-refractivity contribution in [1.82, 2.24) is 15.5 Å². The van der Waals surface area contributed by atoms with E-state index in [1.807, 2.05) is 84.2 Å². The number of benzene rings is 3. The van der Waals surface area contributed by atoms with E-state index < -0.39 is 12.1 Å². The SMILES string of the molecule is CNC(=O)C(Cc1cccs1)N(C)C(=O)C(Cc1ccc(-c2ccccc2)cc1)NC(=O)c1cccc(CCN)c1. The first-order valence-corrected chi connectivity index (χ1v) is 14.5. The Morgan fingerprint density at radius 3 is 2.24 bits per heavy atom. The Morgan fingerprint density at radius 2 is 1.59 bits per heavy atom. The number of thiophene rings is 1. The Morgan fingerprint density at radius 1 is 0.854 bits per heavy atom. The van der Waals surface area contributed by atoms with E-state index >= 15 is 0 Å². The van der Waals surface area contributed by atoms with Crippen molar-refractivity contribution in [2.45, 2.75) is 31.3 Å². The van der Waals surface area contributed by atoms with Crippen LogP contribution >= 0.6 is 11.3 Å². The van der Waals surface area contributed by atoms with Crippen LogP contribution in [0.3, 0.4) is 0 Å². The molecule has 4 rings (SSSR count). The van der Waals surface area contributed by atoms with Gasteiger partial charge >= 0.3 is 0 Å². The molecule has 0 spiro atoms. The minimum absolute atomic E-state index is 0.263. The van der Waals surface area contributed by atoms with Gasteiger partial charge in [0.2, 0.25) is 11.8 Å². The molecule has 8 heteroatoms. The summed E-state index contributed by atoms with van der Waals surface area (Å²) in [5.41, 5.74) is 10.2. The Labute approximate surface area is 245 Å². The van der Waals surface area contributed by atoms with Gasteiger partial charge in [-0.2, -0.15) is 0 Å². The van der Waals surface area contributed by atoms with E-state index in [0.29, 0.717) is 24.9 Å². The second-order valence-electron chi connectivity index (χ2n) is 9.89. The molecule has 0 bridgehead atoms. The normalized spacial score (nSPS) is 12.3. The lowest BCUT2D eigenvalue weighted by Gasteiger charge is -2.30. The Hall–Kier alpha value is -4.27. The molecule has 0 radical (unpaired) electrons. The number of amides is 3. The molecule has 4 N–H and O–H groups in total. The molecule has 0 aliphatic carbocycles. The summed E-state index contributed by atoms with van der Waals surface area (Å²) in [5, 5.41) is 7.58. The van der Waals surface area contributed by atoms with Gasteiger partial charge in [0.15, 0.2) is 0 Å². The van der Waals surface area contributed by atoms with Crippen molar-refractivity contribution in [1.29, 1.82) is 0 Å². The molecule has 0 fully saturated rings. The first kappa shape index (κ1) is 29.7. The first-order valence-electron chi connectivity index (χ1n) is 13.6. The largest absolute Gasteiger partial charge is 0.357 e. The fraction of sp³-hybridized carbons (Fsp3) is 0.242. The van der Waals surface area contributed by atoms with E-state index in [1.54, 1.807) is 26.2 Å². The van der Waals surface area contributed by atoms with Crippen LogP contribution in [-0.2, 0) is 28.9 Å². The minimum atomic E-state index is -0.885. The van der Waals surface area contributed by atoms with Gasteiger partial charge < -0.3 is 21.3 Å². The van der Waals surface area contributed by atoms with Gasteiger partial charge in [-0.1, -0.05) is 72.8 Å². The van der Waals surface area contributed by atoms with Crippen LogP contribution in [0.1, 0.15) is 26.4 Å². The van der Waals surface area contributed by atoms with Crippen LogP contribution in [0, 0.1) is 0 Å². The van der Waals surface area contributed by atoms with Gasteiger partial charge in [0.05, 0.1) is 0 Å². The second kappa shape index (κ2) is 14.4. The summed E-state index contributed by atoms with van der Waals surface area (Å²) in [5.74, 6) is -0.957. The average molecular weight is 569 g/mol. The molecule has 212 valence electrons. The van der Waals surface area contributed by atoms with Crippen LogP contribution in [0.2, 0.25) is 0 Å². The molecule has 2 atom stereocenters. The number of likely N-dealkylation sites (N-methyl/N-ethyl adjacent to an activating group) is 2. The number of rotatable bonds is 12. The number of carbonyl (C=O) groups excluding carboxylic acids is 3. The van der Waals surface area contributed by atoms with Gasteiger partial charge in [0.1, 0.15) is 12.1 Å². The Kier molecular flexibility index (Phi) is 10.4. The third-order valence-corrected chi connectivity index (χ3v) is 7.96. The predicted molar refractivity (Wildman–Crippen MR) is 165 cm³/mol. The van der Waals surface area contributed by atoms with E-state index in [9.17, 15) is 14.4 Å². The van der Waals surface area contributed by atoms with Crippen molar-refractivity contribution in [3.63, 3.8) is 0 Å².